The van der Waals surface area contributed by atoms with Crippen LogP contribution in [0.5, 0.6) is 0 Å². The Morgan fingerprint density at radius 3 is 1.25 bits per heavy atom. The molecule has 0 unspecified atom stereocenters. The van der Waals surface area contributed by atoms with Crippen LogP contribution < -0.4 is 18.9 Å². The number of rotatable bonds is 0. The predicted molar refractivity (Wildman–Crippen MR) is 3.62 cm³/mol. The Balaban J connectivity index is 0. The van der Waals surface area contributed by atoms with Crippen molar-refractivity contribution in [2.75, 3.05) is 0 Å². The molecule has 0 N–H and O–H groups in total. The minimum atomic E-state index is 0. The van der Waals surface area contributed by atoms with Crippen LogP contribution in [0.3, 0.4) is 0 Å². The van der Waals surface area contributed by atoms with E-state index in [0.717, 1.165) is 0 Å². The van der Waals surface area contributed by atoms with Crippen molar-refractivity contribution in [3.05, 3.63) is 0 Å². The molecule has 0 aromatic rings. The van der Waals surface area contributed by atoms with Crippen molar-refractivity contribution in [3.63, 3.8) is 0 Å². The Labute approximate surface area is 92.6 Å². The fraction of sp³-hybridized carbons (Fsp3) is 0. The third kappa shape index (κ3) is 8.85. The van der Waals surface area contributed by atoms with E-state index in [1.807, 2.05) is 0 Å². The smallest absolute Gasteiger partial charge is 1.00 e. The Hall–Kier alpha value is 2.87. The topological polar surface area (TPSA) is 0 Å². The molecule has 0 aromatic carbocycles. The van der Waals surface area contributed by atoms with Crippen molar-refractivity contribution in [1.29, 1.82) is 0 Å². The molecule has 0 saturated carbocycles. The van der Waals surface area contributed by atoms with Gasteiger partial charge >= 0.3 is 18.9 Å². The van der Waals surface area contributed by atoms with E-state index in [2.05, 4.69) is 0 Å². The summed E-state index contributed by atoms with van der Waals surface area (Å²) in [6.45, 7) is 0. The van der Waals surface area contributed by atoms with Crippen LogP contribution in [0, 0.1) is 36.9 Å². The molecule has 0 fully saturated rings. The molecule has 0 atom stereocenters. The Bertz CT molecular complexity index is 11.6. The standard InChI is InChI=1S/FH.Li.Tm.Y.H/h1H;;;;/q;+1;;;-1. The minimum Gasteiger partial charge on any atom is -1.00 e. The molecular formula is H2FLiTmY. The molecule has 4 heavy (non-hydrogen) atoms. The SMILES string of the molecule is F.[H-].[Li+].[Tm].[Y]. The predicted octanol–water partition coefficient (Wildman–Crippen LogP) is -2.73. The van der Waals surface area contributed by atoms with Gasteiger partial charge in [-0.1, -0.05) is 0 Å². The van der Waals surface area contributed by atoms with E-state index >= 15 is 0 Å². The van der Waals surface area contributed by atoms with E-state index in [-0.39, 0.29) is 94.6 Å². The first kappa shape index (κ1) is 28.8. The molecule has 0 aliphatic carbocycles. The van der Waals surface area contributed by atoms with Crippen LogP contribution in [-0.2, 0) is 32.7 Å². The fourth-order valence-corrected chi connectivity index (χ4v) is 0. The van der Waals surface area contributed by atoms with Gasteiger partial charge in [0.25, 0.3) is 0 Å². The van der Waals surface area contributed by atoms with Crippen LogP contribution >= 0.6 is 0 Å². The second kappa shape index (κ2) is 16.9. The summed E-state index contributed by atoms with van der Waals surface area (Å²) in [5.41, 5.74) is 0. The molecule has 0 saturated heterocycles. The summed E-state index contributed by atoms with van der Waals surface area (Å²) in [6.07, 6.45) is 0. The van der Waals surface area contributed by atoms with Gasteiger partial charge in [0.15, 0.2) is 0 Å². The molecule has 0 spiro atoms. The number of halogens is 1. The second-order valence-electron chi connectivity index (χ2n) is 0. The largest absolute Gasteiger partial charge is 1.00 e. The first-order chi connectivity index (χ1) is 0. The van der Waals surface area contributed by atoms with E-state index in [1.54, 1.807) is 0 Å². The van der Waals surface area contributed by atoms with Gasteiger partial charge in [0.2, 0.25) is 0 Å². The van der Waals surface area contributed by atoms with Gasteiger partial charge in [0, 0.05) is 69.6 Å². The Morgan fingerprint density at radius 1 is 1.25 bits per heavy atom. The van der Waals surface area contributed by atoms with Crippen molar-refractivity contribution < 1.29 is 94.6 Å². The third-order valence-corrected chi connectivity index (χ3v) is 0. The van der Waals surface area contributed by atoms with Gasteiger partial charge in [-0.3, -0.25) is 4.70 Å². The monoisotopic (exact) mass is 286 g/mol. The van der Waals surface area contributed by atoms with E-state index in [4.69, 9.17) is 0 Å². The molecule has 26 valence electrons. The summed E-state index contributed by atoms with van der Waals surface area (Å²) in [5.74, 6) is 0. The molecular weight excluding hydrogens is 284 g/mol. The van der Waals surface area contributed by atoms with Crippen LogP contribution in [0.2, 0.25) is 0 Å². The van der Waals surface area contributed by atoms with Crippen LogP contribution in [0.1, 0.15) is 1.43 Å². The summed E-state index contributed by atoms with van der Waals surface area (Å²) >= 11 is 0. The molecule has 0 nitrogen and oxygen atoms in total. The maximum absolute atomic E-state index is 0. The summed E-state index contributed by atoms with van der Waals surface area (Å²) in [4.78, 5) is 0. The van der Waals surface area contributed by atoms with Gasteiger partial charge in [-0.2, -0.15) is 0 Å². The molecule has 0 aromatic heterocycles. The molecule has 0 bridgehead atoms. The Morgan fingerprint density at radius 2 is 1.25 bits per heavy atom. The molecule has 0 rings (SSSR count). The normalized spacial score (nSPS) is 0. The number of hydrogen-bond acceptors (Lipinski definition) is 0. The first-order valence-electron chi connectivity index (χ1n) is 0. The van der Waals surface area contributed by atoms with Crippen molar-refractivity contribution in [3.8, 4) is 0 Å². The zero-order chi connectivity index (χ0) is 0. The van der Waals surface area contributed by atoms with Gasteiger partial charge in [0.05, 0.1) is 0 Å². The van der Waals surface area contributed by atoms with E-state index in [9.17, 15) is 0 Å². The molecule has 0 heterocycles. The second-order valence-corrected chi connectivity index (χ2v) is 0. The van der Waals surface area contributed by atoms with Gasteiger partial charge < -0.3 is 1.43 Å². The third-order valence-electron chi connectivity index (χ3n) is 0. The average Bonchev–Trinajstić information content (AvgIpc) is 0. The van der Waals surface area contributed by atoms with Gasteiger partial charge in [-0.05, 0) is 0 Å². The summed E-state index contributed by atoms with van der Waals surface area (Å²) in [6, 6.07) is 0. The van der Waals surface area contributed by atoms with Crippen molar-refractivity contribution in [1.82, 2.24) is 0 Å². The fourth-order valence-electron chi connectivity index (χ4n) is 0. The van der Waals surface area contributed by atoms with Crippen LogP contribution in [0.15, 0.2) is 0 Å². The van der Waals surface area contributed by atoms with Gasteiger partial charge in [-0.15, -0.1) is 0 Å². The van der Waals surface area contributed by atoms with Crippen LogP contribution in [0.25, 0.3) is 0 Å². The van der Waals surface area contributed by atoms with Crippen molar-refractivity contribution >= 4 is 0 Å². The quantitative estimate of drug-likeness (QED) is 0.424. The van der Waals surface area contributed by atoms with Crippen LogP contribution in [-0.4, -0.2) is 0 Å². The minimum absolute atomic E-state index is 0. The van der Waals surface area contributed by atoms with Crippen LogP contribution in [0.4, 0.5) is 4.70 Å². The van der Waals surface area contributed by atoms with E-state index < -0.39 is 0 Å². The summed E-state index contributed by atoms with van der Waals surface area (Å²) in [7, 11) is 0. The van der Waals surface area contributed by atoms with Gasteiger partial charge in [0.1, 0.15) is 0 Å². The maximum atomic E-state index is 0. The molecule has 2 radical (unpaired) electrons. The Kier molecular flexibility index (Phi) is 122. The molecule has 0 aliphatic rings. The molecule has 0 amide bonds. The van der Waals surface area contributed by atoms with E-state index in [0.29, 0.717) is 0 Å². The molecule has 0 aliphatic heterocycles. The van der Waals surface area contributed by atoms with Crippen molar-refractivity contribution in [2.45, 2.75) is 0 Å². The number of hydrogen-bond donors (Lipinski definition) is 0. The zero-order valence-electron chi connectivity index (χ0n) is 3.26. The zero-order valence-corrected chi connectivity index (χ0v) is 6.88. The van der Waals surface area contributed by atoms with Crippen molar-refractivity contribution in [2.24, 2.45) is 0 Å². The molecule has 4 heteroatoms. The maximum Gasteiger partial charge on any atom is 1.00 e. The van der Waals surface area contributed by atoms with E-state index in [1.165, 1.54) is 0 Å². The average molecular weight is 286 g/mol. The van der Waals surface area contributed by atoms with Gasteiger partial charge in [-0.25, -0.2) is 0 Å². The summed E-state index contributed by atoms with van der Waals surface area (Å²) in [5, 5.41) is 0. The summed E-state index contributed by atoms with van der Waals surface area (Å²) < 4.78 is 0. The first-order valence-corrected chi connectivity index (χ1v) is 0.